The molecule has 0 atom stereocenters. The minimum absolute atomic E-state index is 0.0815. The molecule has 1 heterocycles. The summed E-state index contributed by atoms with van der Waals surface area (Å²) in [5.74, 6) is 0.221. The second-order valence-electron chi connectivity index (χ2n) is 7.15. The summed E-state index contributed by atoms with van der Waals surface area (Å²) in [4.78, 5) is 25.8. The largest absolute Gasteiger partial charge is 0.491 e. The van der Waals surface area contributed by atoms with E-state index in [0.717, 1.165) is 16.9 Å². The number of anilines is 2. The number of aryl methyl sites for hydroxylation is 2. The minimum atomic E-state index is -0.314. The Bertz CT molecular complexity index is 1090. The molecular formula is C23H23ClN2O3S. The van der Waals surface area contributed by atoms with Crippen LogP contribution in [0.3, 0.4) is 0 Å². The minimum Gasteiger partial charge on any atom is -0.491 e. The Labute approximate surface area is 185 Å². The molecule has 0 aliphatic heterocycles. The van der Waals surface area contributed by atoms with Crippen LogP contribution in [0.1, 0.15) is 45.0 Å². The summed E-state index contributed by atoms with van der Waals surface area (Å²) < 4.78 is 5.68. The van der Waals surface area contributed by atoms with Crippen molar-refractivity contribution in [3.05, 3.63) is 75.1 Å². The lowest BCUT2D eigenvalue weighted by atomic mass is 10.2. The molecule has 2 aromatic carbocycles. The molecule has 30 heavy (non-hydrogen) atoms. The van der Waals surface area contributed by atoms with Gasteiger partial charge in [-0.15, -0.1) is 11.3 Å². The Balaban J connectivity index is 1.73. The normalized spacial score (nSPS) is 10.7. The molecule has 0 radical (unpaired) electrons. The smallest absolute Gasteiger partial charge is 0.266 e. The molecule has 0 bridgehead atoms. The molecule has 3 aromatic rings. The maximum atomic E-state index is 12.8. The van der Waals surface area contributed by atoms with Crippen molar-refractivity contribution in [2.75, 3.05) is 10.6 Å². The zero-order valence-electron chi connectivity index (χ0n) is 17.2. The third kappa shape index (κ3) is 5.20. The van der Waals surface area contributed by atoms with Crippen molar-refractivity contribution in [1.29, 1.82) is 0 Å². The summed E-state index contributed by atoms with van der Waals surface area (Å²) in [6.45, 7) is 7.68. The molecule has 0 unspecified atom stereocenters. The number of carbonyl (C=O) groups excluding carboxylic acids is 2. The molecular weight excluding hydrogens is 420 g/mol. The molecule has 2 amide bonds. The fourth-order valence-electron chi connectivity index (χ4n) is 2.89. The van der Waals surface area contributed by atoms with Crippen molar-refractivity contribution >= 4 is 45.4 Å². The van der Waals surface area contributed by atoms with Gasteiger partial charge in [0.2, 0.25) is 0 Å². The van der Waals surface area contributed by atoms with Crippen molar-refractivity contribution in [2.24, 2.45) is 0 Å². The fraction of sp³-hybridized carbons (Fsp3) is 0.217. The van der Waals surface area contributed by atoms with E-state index < -0.39 is 0 Å². The van der Waals surface area contributed by atoms with Crippen molar-refractivity contribution in [2.45, 2.75) is 33.8 Å². The van der Waals surface area contributed by atoms with E-state index in [2.05, 4.69) is 10.6 Å². The summed E-state index contributed by atoms with van der Waals surface area (Å²) in [6.07, 6.45) is 0.0815. The molecule has 0 spiro atoms. The Morgan fingerprint density at radius 2 is 1.70 bits per heavy atom. The molecule has 0 saturated carbocycles. The quantitative estimate of drug-likeness (QED) is 0.470. The lowest BCUT2D eigenvalue weighted by Crippen LogP contribution is -2.13. The fourth-order valence-corrected chi connectivity index (χ4v) is 4.08. The molecule has 0 aliphatic carbocycles. The van der Waals surface area contributed by atoms with Crippen LogP contribution in [-0.4, -0.2) is 17.9 Å². The van der Waals surface area contributed by atoms with Gasteiger partial charge < -0.3 is 15.4 Å². The van der Waals surface area contributed by atoms with Gasteiger partial charge in [0.15, 0.2) is 0 Å². The predicted octanol–water partition coefficient (Wildman–Crippen LogP) is 6.31. The number of ether oxygens (including phenoxy) is 1. The zero-order valence-corrected chi connectivity index (χ0v) is 18.8. The maximum Gasteiger partial charge on any atom is 0.266 e. The third-order valence-electron chi connectivity index (χ3n) is 4.30. The molecule has 0 aliphatic rings. The summed E-state index contributed by atoms with van der Waals surface area (Å²) in [7, 11) is 0. The third-order valence-corrected chi connectivity index (χ3v) is 5.78. The van der Waals surface area contributed by atoms with Crippen LogP contribution in [-0.2, 0) is 0 Å². The highest BCUT2D eigenvalue weighted by Gasteiger charge is 2.17. The Morgan fingerprint density at radius 1 is 0.967 bits per heavy atom. The van der Waals surface area contributed by atoms with Crippen LogP contribution in [0.15, 0.2) is 48.5 Å². The number of rotatable bonds is 6. The van der Waals surface area contributed by atoms with Crippen LogP contribution in [0, 0.1) is 13.8 Å². The van der Waals surface area contributed by atoms with Crippen LogP contribution in [0.5, 0.6) is 5.75 Å². The average Bonchev–Trinajstić information content (AvgIpc) is 3.04. The van der Waals surface area contributed by atoms with E-state index in [9.17, 15) is 9.59 Å². The monoisotopic (exact) mass is 442 g/mol. The van der Waals surface area contributed by atoms with Gasteiger partial charge in [0.05, 0.1) is 26.6 Å². The first-order chi connectivity index (χ1) is 14.2. The number of hydrogen-bond acceptors (Lipinski definition) is 4. The first-order valence-electron chi connectivity index (χ1n) is 9.49. The molecule has 156 valence electrons. The van der Waals surface area contributed by atoms with E-state index in [1.165, 1.54) is 11.3 Å². The molecule has 0 fully saturated rings. The Morgan fingerprint density at radius 3 is 2.37 bits per heavy atom. The maximum absolute atomic E-state index is 12.8. The van der Waals surface area contributed by atoms with Gasteiger partial charge in [0.1, 0.15) is 5.75 Å². The zero-order chi connectivity index (χ0) is 21.8. The lowest BCUT2D eigenvalue weighted by molar-refractivity contribution is 0.102. The van der Waals surface area contributed by atoms with Gasteiger partial charge in [0, 0.05) is 5.69 Å². The first-order valence-corrected chi connectivity index (χ1v) is 10.7. The number of amides is 2. The average molecular weight is 443 g/mol. The summed E-state index contributed by atoms with van der Waals surface area (Å²) in [5, 5.41) is 6.71. The van der Waals surface area contributed by atoms with Crippen molar-refractivity contribution in [3.8, 4) is 5.75 Å². The SMILES string of the molecule is Cc1cc(OC(C)C)ccc1NC(=O)c1sc(NC(=O)c2ccccc2Cl)cc1C. The van der Waals surface area contributed by atoms with Gasteiger partial charge in [-0.05, 0) is 75.2 Å². The van der Waals surface area contributed by atoms with E-state index >= 15 is 0 Å². The lowest BCUT2D eigenvalue weighted by Gasteiger charge is -2.13. The Kier molecular flexibility index (Phi) is 6.80. The van der Waals surface area contributed by atoms with Crippen LogP contribution in [0.25, 0.3) is 0 Å². The summed E-state index contributed by atoms with van der Waals surface area (Å²) >= 11 is 7.31. The van der Waals surface area contributed by atoms with Gasteiger partial charge in [-0.1, -0.05) is 23.7 Å². The van der Waals surface area contributed by atoms with Gasteiger partial charge in [-0.2, -0.15) is 0 Å². The summed E-state index contributed by atoms with van der Waals surface area (Å²) in [5.41, 5.74) is 2.79. The molecule has 3 rings (SSSR count). The second kappa shape index (κ2) is 9.32. The predicted molar refractivity (Wildman–Crippen MR) is 123 cm³/mol. The highest BCUT2D eigenvalue weighted by Crippen LogP contribution is 2.29. The van der Waals surface area contributed by atoms with Crippen LogP contribution in [0.4, 0.5) is 10.7 Å². The van der Waals surface area contributed by atoms with E-state index in [-0.39, 0.29) is 17.9 Å². The molecule has 0 saturated heterocycles. The van der Waals surface area contributed by atoms with Crippen LogP contribution >= 0.6 is 22.9 Å². The van der Waals surface area contributed by atoms with Gasteiger partial charge in [-0.25, -0.2) is 0 Å². The van der Waals surface area contributed by atoms with Crippen molar-refractivity contribution in [1.82, 2.24) is 0 Å². The topological polar surface area (TPSA) is 67.4 Å². The first kappa shape index (κ1) is 21.9. The van der Waals surface area contributed by atoms with E-state index in [0.29, 0.717) is 26.2 Å². The molecule has 2 N–H and O–H groups in total. The summed E-state index contributed by atoms with van der Waals surface area (Å²) in [6, 6.07) is 14.2. The van der Waals surface area contributed by atoms with Crippen molar-refractivity contribution < 1.29 is 14.3 Å². The van der Waals surface area contributed by atoms with Gasteiger partial charge in [-0.3, -0.25) is 9.59 Å². The van der Waals surface area contributed by atoms with Crippen molar-refractivity contribution in [3.63, 3.8) is 0 Å². The molecule has 5 nitrogen and oxygen atoms in total. The number of hydrogen-bond donors (Lipinski definition) is 2. The number of carbonyl (C=O) groups is 2. The highest BCUT2D eigenvalue weighted by molar-refractivity contribution is 7.18. The van der Waals surface area contributed by atoms with Crippen LogP contribution < -0.4 is 15.4 Å². The Hall–Kier alpha value is -2.83. The van der Waals surface area contributed by atoms with E-state index in [1.807, 2.05) is 45.9 Å². The number of thiophene rings is 1. The van der Waals surface area contributed by atoms with E-state index in [1.54, 1.807) is 30.3 Å². The number of halogens is 1. The van der Waals surface area contributed by atoms with Gasteiger partial charge in [0.25, 0.3) is 11.8 Å². The molecule has 7 heteroatoms. The molecule has 1 aromatic heterocycles. The second-order valence-corrected chi connectivity index (χ2v) is 8.61. The van der Waals surface area contributed by atoms with E-state index in [4.69, 9.17) is 16.3 Å². The number of nitrogens with one attached hydrogen (secondary N) is 2. The highest BCUT2D eigenvalue weighted by atomic mass is 35.5. The number of benzene rings is 2. The van der Waals surface area contributed by atoms with Crippen LogP contribution in [0.2, 0.25) is 5.02 Å². The van der Waals surface area contributed by atoms with Gasteiger partial charge >= 0.3 is 0 Å². The standard InChI is InChI=1S/C23H23ClN2O3S/c1-13(2)29-16-9-10-19(14(3)11-16)25-23(28)21-15(4)12-20(30-21)26-22(27)17-7-5-6-8-18(17)24/h5-13H,1-4H3,(H,25,28)(H,26,27).